The van der Waals surface area contributed by atoms with Gasteiger partial charge < -0.3 is 10.2 Å². The second-order valence-corrected chi connectivity index (χ2v) is 5.28. The van der Waals surface area contributed by atoms with Gasteiger partial charge in [0.05, 0.1) is 0 Å². The molecule has 1 amide bonds. The van der Waals surface area contributed by atoms with E-state index in [0.717, 1.165) is 37.3 Å². The maximum atomic E-state index is 11.9. The molecule has 0 aromatic carbocycles. The molecule has 0 radical (unpaired) electrons. The van der Waals surface area contributed by atoms with Crippen LogP contribution in [0.3, 0.4) is 0 Å². The molecule has 0 atom stereocenters. The van der Waals surface area contributed by atoms with Gasteiger partial charge in [-0.1, -0.05) is 12.2 Å². The predicted molar refractivity (Wildman–Crippen MR) is 68.3 cm³/mol. The van der Waals surface area contributed by atoms with E-state index in [9.17, 15) is 4.79 Å². The van der Waals surface area contributed by atoms with E-state index >= 15 is 0 Å². The summed E-state index contributed by atoms with van der Waals surface area (Å²) in [6.07, 6.45) is 6.00. The SMILES string of the molecule is CN1CCC(NC(=O)C2=CC=CSC2)CC1. The highest BCUT2D eigenvalue weighted by Gasteiger charge is 2.20. The van der Waals surface area contributed by atoms with Crippen LogP contribution in [0.5, 0.6) is 0 Å². The van der Waals surface area contributed by atoms with Crippen LogP contribution in [0.25, 0.3) is 0 Å². The van der Waals surface area contributed by atoms with E-state index in [2.05, 4.69) is 17.3 Å². The number of likely N-dealkylation sites (tertiary alicyclic amines) is 1. The van der Waals surface area contributed by atoms with Crippen molar-refractivity contribution in [1.29, 1.82) is 0 Å². The van der Waals surface area contributed by atoms with E-state index in [0.29, 0.717) is 6.04 Å². The number of thioether (sulfide) groups is 1. The monoisotopic (exact) mass is 238 g/mol. The van der Waals surface area contributed by atoms with E-state index in [4.69, 9.17) is 0 Å². The first kappa shape index (κ1) is 11.7. The third-order valence-corrected chi connectivity index (χ3v) is 3.88. The number of piperidine rings is 1. The number of allylic oxidation sites excluding steroid dienone is 2. The van der Waals surface area contributed by atoms with Gasteiger partial charge in [-0.25, -0.2) is 0 Å². The maximum absolute atomic E-state index is 11.9. The van der Waals surface area contributed by atoms with Gasteiger partial charge in [-0.3, -0.25) is 4.79 Å². The van der Waals surface area contributed by atoms with Crippen LogP contribution in [0.15, 0.2) is 23.1 Å². The lowest BCUT2D eigenvalue weighted by Crippen LogP contribution is -2.44. The molecule has 1 saturated heterocycles. The smallest absolute Gasteiger partial charge is 0.248 e. The van der Waals surface area contributed by atoms with Gasteiger partial charge in [-0.05, 0) is 38.4 Å². The van der Waals surface area contributed by atoms with Crippen molar-refractivity contribution in [2.75, 3.05) is 25.9 Å². The Labute approximate surface area is 101 Å². The summed E-state index contributed by atoms with van der Waals surface area (Å²) in [6, 6.07) is 0.362. The normalized spacial score (nSPS) is 22.9. The minimum absolute atomic E-state index is 0.117. The van der Waals surface area contributed by atoms with E-state index in [1.165, 1.54) is 0 Å². The van der Waals surface area contributed by atoms with E-state index < -0.39 is 0 Å². The zero-order valence-corrected chi connectivity index (χ0v) is 10.4. The Morgan fingerprint density at radius 2 is 2.25 bits per heavy atom. The number of rotatable bonds is 2. The minimum Gasteiger partial charge on any atom is -0.349 e. The van der Waals surface area contributed by atoms with Gasteiger partial charge in [0, 0.05) is 17.4 Å². The van der Waals surface area contributed by atoms with Crippen LogP contribution in [0.2, 0.25) is 0 Å². The topological polar surface area (TPSA) is 32.3 Å². The van der Waals surface area contributed by atoms with Crippen LogP contribution < -0.4 is 5.32 Å². The van der Waals surface area contributed by atoms with Gasteiger partial charge in [-0.2, -0.15) is 0 Å². The first-order valence-corrected chi connectivity index (χ1v) is 6.77. The average Bonchev–Trinajstić information content (AvgIpc) is 2.33. The van der Waals surface area contributed by atoms with Crippen LogP contribution in [0.4, 0.5) is 0 Å². The van der Waals surface area contributed by atoms with Crippen LogP contribution >= 0.6 is 11.8 Å². The minimum atomic E-state index is 0.117. The van der Waals surface area contributed by atoms with Crippen molar-refractivity contribution in [2.24, 2.45) is 0 Å². The second-order valence-electron chi connectivity index (χ2n) is 4.38. The van der Waals surface area contributed by atoms with Gasteiger partial charge in [0.1, 0.15) is 0 Å². The Hall–Kier alpha value is -0.740. The van der Waals surface area contributed by atoms with Crippen molar-refractivity contribution in [3.63, 3.8) is 0 Å². The highest BCUT2D eigenvalue weighted by Crippen LogP contribution is 2.16. The number of amides is 1. The summed E-state index contributed by atoms with van der Waals surface area (Å²) >= 11 is 1.68. The highest BCUT2D eigenvalue weighted by molar-refractivity contribution is 8.02. The summed E-state index contributed by atoms with van der Waals surface area (Å²) in [5, 5.41) is 5.15. The fourth-order valence-electron chi connectivity index (χ4n) is 1.97. The zero-order valence-electron chi connectivity index (χ0n) is 9.61. The molecule has 0 aromatic rings. The van der Waals surface area contributed by atoms with Crippen molar-refractivity contribution in [2.45, 2.75) is 18.9 Å². The lowest BCUT2D eigenvalue weighted by atomic mass is 10.1. The Balaban J connectivity index is 1.83. The molecule has 2 aliphatic heterocycles. The molecular weight excluding hydrogens is 220 g/mol. The summed E-state index contributed by atoms with van der Waals surface area (Å²) in [5.41, 5.74) is 0.895. The molecule has 2 heterocycles. The number of hydrogen-bond acceptors (Lipinski definition) is 3. The van der Waals surface area contributed by atoms with E-state index in [1.807, 2.05) is 17.6 Å². The first-order valence-electron chi connectivity index (χ1n) is 5.72. The Morgan fingerprint density at radius 1 is 1.50 bits per heavy atom. The van der Waals surface area contributed by atoms with Crippen molar-refractivity contribution < 1.29 is 4.79 Å². The summed E-state index contributed by atoms with van der Waals surface area (Å²) in [7, 11) is 2.13. The molecule has 88 valence electrons. The van der Waals surface area contributed by atoms with Gasteiger partial charge >= 0.3 is 0 Å². The van der Waals surface area contributed by atoms with Crippen LogP contribution in [-0.4, -0.2) is 42.7 Å². The molecule has 0 spiro atoms. The quantitative estimate of drug-likeness (QED) is 0.789. The molecule has 0 saturated carbocycles. The predicted octanol–water partition coefficient (Wildman–Crippen LogP) is 1.38. The lowest BCUT2D eigenvalue weighted by molar-refractivity contribution is -0.118. The zero-order chi connectivity index (χ0) is 11.4. The average molecular weight is 238 g/mol. The molecule has 0 bridgehead atoms. The summed E-state index contributed by atoms with van der Waals surface area (Å²) in [6.45, 7) is 2.16. The van der Waals surface area contributed by atoms with Crippen molar-refractivity contribution in [3.8, 4) is 0 Å². The molecule has 1 fully saturated rings. The van der Waals surface area contributed by atoms with Crippen LogP contribution in [0.1, 0.15) is 12.8 Å². The Morgan fingerprint density at radius 3 is 2.88 bits per heavy atom. The van der Waals surface area contributed by atoms with Gasteiger partial charge in [0.15, 0.2) is 0 Å². The van der Waals surface area contributed by atoms with Gasteiger partial charge in [0.2, 0.25) is 5.91 Å². The molecule has 2 rings (SSSR count). The van der Waals surface area contributed by atoms with E-state index in [-0.39, 0.29) is 5.91 Å². The van der Waals surface area contributed by atoms with Crippen LogP contribution in [0, 0.1) is 0 Å². The van der Waals surface area contributed by atoms with E-state index in [1.54, 1.807) is 11.8 Å². The Kier molecular flexibility index (Phi) is 4.07. The fourth-order valence-corrected chi connectivity index (χ4v) is 2.66. The molecule has 3 nitrogen and oxygen atoms in total. The molecule has 0 aromatic heterocycles. The second kappa shape index (κ2) is 5.55. The maximum Gasteiger partial charge on any atom is 0.248 e. The number of carbonyl (C=O) groups excluding carboxylic acids is 1. The highest BCUT2D eigenvalue weighted by atomic mass is 32.2. The summed E-state index contributed by atoms with van der Waals surface area (Å²) < 4.78 is 0. The van der Waals surface area contributed by atoms with Crippen molar-refractivity contribution >= 4 is 17.7 Å². The largest absolute Gasteiger partial charge is 0.349 e. The first-order chi connectivity index (χ1) is 7.75. The molecule has 16 heavy (non-hydrogen) atoms. The lowest BCUT2D eigenvalue weighted by Gasteiger charge is -2.29. The number of nitrogens with one attached hydrogen (secondary N) is 1. The van der Waals surface area contributed by atoms with Crippen molar-refractivity contribution in [1.82, 2.24) is 10.2 Å². The molecule has 0 aliphatic carbocycles. The molecular formula is C12H18N2OS. The summed E-state index contributed by atoms with van der Waals surface area (Å²) in [4.78, 5) is 14.2. The molecule has 0 unspecified atom stereocenters. The fraction of sp³-hybridized carbons (Fsp3) is 0.583. The number of carbonyl (C=O) groups is 1. The Bertz CT molecular complexity index is 317. The van der Waals surface area contributed by atoms with Crippen LogP contribution in [-0.2, 0) is 4.79 Å². The molecule has 1 N–H and O–H groups in total. The third-order valence-electron chi connectivity index (χ3n) is 3.06. The number of nitrogens with zero attached hydrogens (tertiary/aromatic N) is 1. The molecule has 4 heteroatoms. The molecule has 2 aliphatic rings. The third kappa shape index (κ3) is 3.12. The summed E-state index contributed by atoms with van der Waals surface area (Å²) in [5.74, 6) is 0.918. The number of hydrogen-bond donors (Lipinski definition) is 1. The van der Waals surface area contributed by atoms with Gasteiger partial charge in [-0.15, -0.1) is 11.8 Å². The standard InChI is InChI=1S/C12H18N2OS/c1-14-6-4-11(5-7-14)13-12(15)10-3-2-8-16-9-10/h2-3,8,11H,4-7,9H2,1H3,(H,13,15). The van der Waals surface area contributed by atoms with Gasteiger partial charge in [0.25, 0.3) is 0 Å². The van der Waals surface area contributed by atoms with Crippen molar-refractivity contribution in [3.05, 3.63) is 23.1 Å².